The van der Waals surface area contributed by atoms with Crippen molar-refractivity contribution in [3.8, 4) is 0 Å². The van der Waals surface area contributed by atoms with Crippen molar-refractivity contribution < 1.29 is 4.74 Å². The van der Waals surface area contributed by atoms with E-state index in [1.165, 1.54) is 11.3 Å². The summed E-state index contributed by atoms with van der Waals surface area (Å²) in [6.07, 6.45) is 0. The van der Waals surface area contributed by atoms with Gasteiger partial charge < -0.3 is 15.4 Å². The Morgan fingerprint density at radius 1 is 1.29 bits per heavy atom. The van der Waals surface area contributed by atoms with Gasteiger partial charge in [0, 0.05) is 38.3 Å². The fraction of sp³-hybridized carbons (Fsp3) is 0.571. The Morgan fingerprint density at radius 2 is 1.88 bits per heavy atom. The SMILES string of the molecule is COCC(C)C(CN)N(C)c1ccc(C)cc1. The molecule has 0 aliphatic carbocycles. The molecule has 0 radical (unpaired) electrons. The molecule has 96 valence electrons. The summed E-state index contributed by atoms with van der Waals surface area (Å²) in [5, 5.41) is 0. The predicted molar refractivity (Wildman–Crippen MR) is 73.5 cm³/mol. The van der Waals surface area contributed by atoms with Crippen molar-refractivity contribution in [2.45, 2.75) is 19.9 Å². The first-order chi connectivity index (χ1) is 8.10. The average Bonchev–Trinajstić information content (AvgIpc) is 2.31. The van der Waals surface area contributed by atoms with E-state index in [-0.39, 0.29) is 0 Å². The van der Waals surface area contributed by atoms with Crippen molar-refractivity contribution in [3.05, 3.63) is 29.8 Å². The van der Waals surface area contributed by atoms with Gasteiger partial charge in [-0.2, -0.15) is 0 Å². The minimum absolute atomic E-state index is 0.303. The van der Waals surface area contributed by atoms with Crippen molar-refractivity contribution >= 4 is 5.69 Å². The van der Waals surface area contributed by atoms with E-state index in [0.717, 1.165) is 6.61 Å². The molecule has 3 nitrogen and oxygen atoms in total. The van der Waals surface area contributed by atoms with Crippen LogP contribution in [0.2, 0.25) is 0 Å². The van der Waals surface area contributed by atoms with Crippen molar-refractivity contribution in [2.24, 2.45) is 11.7 Å². The molecule has 1 aromatic rings. The molecule has 0 saturated heterocycles. The van der Waals surface area contributed by atoms with Crippen LogP contribution in [-0.2, 0) is 4.74 Å². The van der Waals surface area contributed by atoms with Crippen LogP contribution in [0.4, 0.5) is 5.69 Å². The Bertz CT molecular complexity index is 323. The molecule has 3 heteroatoms. The van der Waals surface area contributed by atoms with Crippen LogP contribution < -0.4 is 10.6 Å². The molecule has 2 N–H and O–H groups in total. The molecule has 0 amide bonds. The highest BCUT2D eigenvalue weighted by Crippen LogP contribution is 2.19. The van der Waals surface area contributed by atoms with Gasteiger partial charge in [-0.05, 0) is 19.1 Å². The lowest BCUT2D eigenvalue weighted by molar-refractivity contribution is 0.147. The van der Waals surface area contributed by atoms with Crippen molar-refractivity contribution in [3.63, 3.8) is 0 Å². The molecule has 0 bridgehead atoms. The number of aryl methyl sites for hydroxylation is 1. The molecule has 0 spiro atoms. The van der Waals surface area contributed by atoms with Gasteiger partial charge in [0.2, 0.25) is 0 Å². The smallest absolute Gasteiger partial charge is 0.0507 e. The molecular weight excluding hydrogens is 212 g/mol. The van der Waals surface area contributed by atoms with Crippen LogP contribution in [0.25, 0.3) is 0 Å². The Balaban J connectivity index is 2.78. The highest BCUT2D eigenvalue weighted by atomic mass is 16.5. The first-order valence-electron chi connectivity index (χ1n) is 6.08. The van der Waals surface area contributed by atoms with E-state index in [1.54, 1.807) is 7.11 Å². The Morgan fingerprint density at radius 3 is 2.35 bits per heavy atom. The third-order valence-corrected chi connectivity index (χ3v) is 3.27. The highest BCUT2D eigenvalue weighted by molar-refractivity contribution is 5.47. The topological polar surface area (TPSA) is 38.5 Å². The van der Waals surface area contributed by atoms with Crippen LogP contribution in [0, 0.1) is 12.8 Å². The summed E-state index contributed by atoms with van der Waals surface area (Å²) in [7, 11) is 3.82. The van der Waals surface area contributed by atoms with E-state index in [1.807, 2.05) is 0 Å². The minimum Gasteiger partial charge on any atom is -0.384 e. The second-order valence-electron chi connectivity index (χ2n) is 4.68. The van der Waals surface area contributed by atoms with Gasteiger partial charge in [-0.15, -0.1) is 0 Å². The number of nitrogens with zero attached hydrogens (tertiary/aromatic N) is 1. The number of methoxy groups -OCH3 is 1. The van der Waals surface area contributed by atoms with Gasteiger partial charge >= 0.3 is 0 Å². The maximum atomic E-state index is 5.87. The third-order valence-electron chi connectivity index (χ3n) is 3.27. The first kappa shape index (κ1) is 14.0. The normalized spacial score (nSPS) is 14.4. The predicted octanol–water partition coefficient (Wildman–Crippen LogP) is 2.04. The number of hydrogen-bond donors (Lipinski definition) is 1. The number of nitrogens with two attached hydrogens (primary N) is 1. The zero-order valence-corrected chi connectivity index (χ0v) is 11.3. The lowest BCUT2D eigenvalue weighted by Crippen LogP contribution is -2.44. The molecule has 1 rings (SSSR count). The lowest BCUT2D eigenvalue weighted by atomic mass is 10.0. The van der Waals surface area contributed by atoms with Gasteiger partial charge in [0.15, 0.2) is 0 Å². The number of ether oxygens (including phenoxy) is 1. The highest BCUT2D eigenvalue weighted by Gasteiger charge is 2.20. The fourth-order valence-corrected chi connectivity index (χ4v) is 2.12. The number of benzene rings is 1. The molecule has 2 atom stereocenters. The number of hydrogen-bond acceptors (Lipinski definition) is 3. The number of rotatable bonds is 6. The molecule has 17 heavy (non-hydrogen) atoms. The largest absolute Gasteiger partial charge is 0.384 e. The zero-order valence-electron chi connectivity index (χ0n) is 11.3. The molecule has 1 aromatic carbocycles. The molecular formula is C14H24N2O. The van der Waals surface area contributed by atoms with Gasteiger partial charge in [-0.25, -0.2) is 0 Å². The summed E-state index contributed by atoms with van der Waals surface area (Å²) in [6.45, 7) is 5.64. The van der Waals surface area contributed by atoms with E-state index in [0.29, 0.717) is 18.5 Å². The monoisotopic (exact) mass is 236 g/mol. The van der Waals surface area contributed by atoms with Crippen LogP contribution >= 0.6 is 0 Å². The quantitative estimate of drug-likeness (QED) is 0.821. The van der Waals surface area contributed by atoms with E-state index in [4.69, 9.17) is 10.5 Å². The molecule has 0 saturated carbocycles. The third kappa shape index (κ3) is 3.72. The summed E-state index contributed by atoms with van der Waals surface area (Å²) >= 11 is 0. The van der Waals surface area contributed by atoms with E-state index in [9.17, 15) is 0 Å². The van der Waals surface area contributed by atoms with Crippen molar-refractivity contribution in [1.82, 2.24) is 0 Å². The Hall–Kier alpha value is -1.06. The van der Waals surface area contributed by atoms with Crippen molar-refractivity contribution in [1.29, 1.82) is 0 Å². The number of anilines is 1. The van der Waals surface area contributed by atoms with Crippen LogP contribution in [-0.4, -0.2) is 33.4 Å². The van der Waals surface area contributed by atoms with Crippen LogP contribution in [0.15, 0.2) is 24.3 Å². The molecule has 0 aromatic heterocycles. The zero-order chi connectivity index (χ0) is 12.8. The first-order valence-corrected chi connectivity index (χ1v) is 6.08. The van der Waals surface area contributed by atoms with Crippen LogP contribution in [0.1, 0.15) is 12.5 Å². The molecule has 0 aliphatic rings. The standard InChI is InChI=1S/C14H24N2O/c1-11-5-7-13(8-6-11)16(3)14(9-15)12(2)10-17-4/h5-8,12,14H,9-10,15H2,1-4H3. The lowest BCUT2D eigenvalue weighted by Gasteiger charge is -2.33. The Labute approximate surface area is 105 Å². The molecule has 0 heterocycles. The minimum atomic E-state index is 0.303. The fourth-order valence-electron chi connectivity index (χ4n) is 2.12. The second kappa shape index (κ2) is 6.62. The summed E-state index contributed by atoms with van der Waals surface area (Å²) in [5.74, 6) is 0.413. The Kier molecular flexibility index (Phi) is 5.45. The van der Waals surface area contributed by atoms with E-state index >= 15 is 0 Å². The van der Waals surface area contributed by atoms with Crippen molar-refractivity contribution in [2.75, 3.05) is 32.2 Å². The molecule has 0 aliphatic heterocycles. The van der Waals surface area contributed by atoms with Gasteiger partial charge in [-0.3, -0.25) is 0 Å². The van der Waals surface area contributed by atoms with Crippen LogP contribution in [0.5, 0.6) is 0 Å². The van der Waals surface area contributed by atoms with Gasteiger partial charge in [-0.1, -0.05) is 24.6 Å². The molecule has 0 fully saturated rings. The van der Waals surface area contributed by atoms with Gasteiger partial charge in [0.25, 0.3) is 0 Å². The summed E-state index contributed by atoms with van der Waals surface area (Å²) in [5.41, 5.74) is 8.35. The summed E-state index contributed by atoms with van der Waals surface area (Å²) in [6, 6.07) is 8.83. The average molecular weight is 236 g/mol. The molecule has 2 unspecified atom stereocenters. The number of likely N-dealkylation sites (N-methyl/N-ethyl adjacent to an activating group) is 1. The van der Waals surface area contributed by atoms with E-state index < -0.39 is 0 Å². The van der Waals surface area contributed by atoms with E-state index in [2.05, 4.69) is 50.1 Å². The summed E-state index contributed by atoms with van der Waals surface area (Å²) < 4.78 is 5.21. The maximum Gasteiger partial charge on any atom is 0.0507 e. The van der Waals surface area contributed by atoms with Gasteiger partial charge in [0.1, 0.15) is 0 Å². The maximum absolute atomic E-state index is 5.87. The second-order valence-corrected chi connectivity index (χ2v) is 4.68. The summed E-state index contributed by atoms with van der Waals surface area (Å²) in [4.78, 5) is 2.24. The van der Waals surface area contributed by atoms with Gasteiger partial charge in [0.05, 0.1) is 6.61 Å². The van der Waals surface area contributed by atoms with Crippen LogP contribution in [0.3, 0.4) is 0 Å².